The topological polar surface area (TPSA) is 60.5 Å². The van der Waals surface area contributed by atoms with Crippen LogP contribution >= 0.6 is 0 Å². The summed E-state index contributed by atoms with van der Waals surface area (Å²) >= 11 is 0. The number of unbranched alkanes of at least 4 members (excludes halogenated alkanes) is 1. The van der Waals surface area contributed by atoms with Gasteiger partial charge in [0.1, 0.15) is 12.3 Å². The molecule has 112 valence electrons. The van der Waals surface area contributed by atoms with E-state index in [2.05, 4.69) is 29.1 Å². The minimum atomic E-state index is 0.421. The van der Waals surface area contributed by atoms with Gasteiger partial charge in [-0.1, -0.05) is 36.6 Å². The normalized spacial score (nSPS) is 11.4. The van der Waals surface area contributed by atoms with Crippen LogP contribution in [-0.2, 0) is 11.4 Å². The van der Waals surface area contributed by atoms with Crippen molar-refractivity contribution in [2.45, 2.75) is 39.7 Å². The summed E-state index contributed by atoms with van der Waals surface area (Å²) in [7, 11) is 0. The van der Waals surface area contributed by atoms with E-state index in [0.717, 1.165) is 30.0 Å². The first-order valence-corrected chi connectivity index (χ1v) is 7.25. The molecule has 0 fully saturated rings. The molecular weight excluding hydrogens is 266 g/mol. The van der Waals surface area contributed by atoms with Gasteiger partial charge in [-0.15, -0.1) is 0 Å². The van der Waals surface area contributed by atoms with Gasteiger partial charge < -0.3 is 9.36 Å². The standard InChI is InChI=1S/C16H21N3O2/c1-13(2)5-3-4-9-18-20-12-14-6-7-15(17-11-14)16-8-10-19-21-16/h6-11,13H,3-5,12H2,1-2H3/b18-9+. The van der Waals surface area contributed by atoms with Crippen molar-refractivity contribution in [2.75, 3.05) is 0 Å². The number of hydrogen-bond donors (Lipinski definition) is 0. The molecule has 0 unspecified atom stereocenters. The number of pyridine rings is 1. The number of hydrogen-bond acceptors (Lipinski definition) is 5. The predicted molar refractivity (Wildman–Crippen MR) is 81.7 cm³/mol. The lowest BCUT2D eigenvalue weighted by atomic mass is 10.1. The fourth-order valence-corrected chi connectivity index (χ4v) is 1.84. The largest absolute Gasteiger partial charge is 0.391 e. The third kappa shape index (κ3) is 5.38. The van der Waals surface area contributed by atoms with Gasteiger partial charge in [0.2, 0.25) is 0 Å². The summed E-state index contributed by atoms with van der Waals surface area (Å²) < 4.78 is 5.04. The molecule has 0 atom stereocenters. The molecule has 0 saturated carbocycles. The van der Waals surface area contributed by atoms with Crippen LogP contribution < -0.4 is 0 Å². The van der Waals surface area contributed by atoms with E-state index in [1.165, 1.54) is 6.42 Å². The predicted octanol–water partition coefficient (Wildman–Crippen LogP) is 4.07. The van der Waals surface area contributed by atoms with E-state index in [1.54, 1.807) is 18.5 Å². The highest BCUT2D eigenvalue weighted by Crippen LogP contribution is 2.15. The molecule has 0 aliphatic rings. The van der Waals surface area contributed by atoms with Gasteiger partial charge in [-0.2, -0.15) is 0 Å². The first kappa shape index (κ1) is 15.2. The van der Waals surface area contributed by atoms with Crippen molar-refractivity contribution in [1.82, 2.24) is 10.1 Å². The van der Waals surface area contributed by atoms with E-state index in [1.807, 2.05) is 18.3 Å². The Morgan fingerprint density at radius 2 is 2.24 bits per heavy atom. The third-order valence-corrected chi connectivity index (χ3v) is 3.01. The van der Waals surface area contributed by atoms with Crippen LogP contribution in [0.3, 0.4) is 0 Å². The first-order valence-electron chi connectivity index (χ1n) is 7.25. The van der Waals surface area contributed by atoms with Crippen molar-refractivity contribution in [2.24, 2.45) is 11.1 Å². The van der Waals surface area contributed by atoms with Crippen molar-refractivity contribution in [1.29, 1.82) is 0 Å². The van der Waals surface area contributed by atoms with Crippen molar-refractivity contribution >= 4 is 6.21 Å². The molecule has 0 aliphatic carbocycles. The Hall–Kier alpha value is -2.17. The fraction of sp³-hybridized carbons (Fsp3) is 0.438. The van der Waals surface area contributed by atoms with Crippen LogP contribution in [0.2, 0.25) is 0 Å². The Bertz CT molecular complexity index is 533. The summed E-state index contributed by atoms with van der Waals surface area (Å²) in [4.78, 5) is 9.55. The molecule has 21 heavy (non-hydrogen) atoms. The molecule has 0 spiro atoms. The maximum absolute atomic E-state index is 5.25. The number of aromatic nitrogens is 2. The van der Waals surface area contributed by atoms with Gasteiger partial charge in [-0.05, 0) is 24.8 Å². The second kappa shape index (κ2) is 8.19. The quantitative estimate of drug-likeness (QED) is 0.417. The second-order valence-corrected chi connectivity index (χ2v) is 5.31. The van der Waals surface area contributed by atoms with Crippen molar-refractivity contribution in [3.8, 4) is 11.5 Å². The molecule has 2 heterocycles. The van der Waals surface area contributed by atoms with Crippen LogP contribution in [0, 0.1) is 5.92 Å². The molecule has 5 heteroatoms. The number of nitrogens with zero attached hydrogens (tertiary/aromatic N) is 3. The van der Waals surface area contributed by atoms with E-state index >= 15 is 0 Å². The molecule has 0 aromatic carbocycles. The highest BCUT2D eigenvalue weighted by Gasteiger charge is 2.03. The SMILES string of the molecule is CC(C)CCC/C=N/OCc1ccc(-c2ccno2)nc1. The van der Waals surface area contributed by atoms with Gasteiger partial charge in [0, 0.05) is 24.0 Å². The molecule has 0 aliphatic heterocycles. The Balaban J connectivity index is 1.70. The smallest absolute Gasteiger partial charge is 0.185 e. The molecule has 0 radical (unpaired) electrons. The molecule has 2 rings (SSSR count). The van der Waals surface area contributed by atoms with Crippen molar-refractivity contribution < 1.29 is 9.36 Å². The molecule has 5 nitrogen and oxygen atoms in total. The fourth-order valence-electron chi connectivity index (χ4n) is 1.84. The summed E-state index contributed by atoms with van der Waals surface area (Å²) in [6, 6.07) is 5.60. The van der Waals surface area contributed by atoms with Crippen LogP contribution in [0.4, 0.5) is 0 Å². The zero-order valence-corrected chi connectivity index (χ0v) is 12.5. The Kier molecular flexibility index (Phi) is 5.94. The van der Waals surface area contributed by atoms with Gasteiger partial charge in [0.25, 0.3) is 0 Å². The first-order chi connectivity index (χ1) is 10.3. The minimum Gasteiger partial charge on any atom is -0.391 e. The van der Waals surface area contributed by atoms with E-state index in [9.17, 15) is 0 Å². The molecule has 2 aromatic heterocycles. The highest BCUT2D eigenvalue weighted by molar-refractivity contribution is 5.56. The number of oxime groups is 1. The van der Waals surface area contributed by atoms with Gasteiger partial charge in [0.05, 0.1) is 6.20 Å². The molecular formula is C16H21N3O2. The summed E-state index contributed by atoms with van der Waals surface area (Å²) in [5.41, 5.74) is 1.73. The highest BCUT2D eigenvalue weighted by atomic mass is 16.6. The summed E-state index contributed by atoms with van der Waals surface area (Å²) in [5.74, 6) is 1.40. The maximum atomic E-state index is 5.25. The maximum Gasteiger partial charge on any atom is 0.185 e. The van der Waals surface area contributed by atoms with E-state index < -0.39 is 0 Å². The molecule has 0 bridgehead atoms. The molecule has 0 amide bonds. The van der Waals surface area contributed by atoms with Gasteiger partial charge in [0.15, 0.2) is 5.76 Å². The van der Waals surface area contributed by atoms with Gasteiger partial charge in [-0.25, -0.2) is 0 Å². The average molecular weight is 287 g/mol. The summed E-state index contributed by atoms with van der Waals surface area (Å²) in [5, 5.41) is 7.61. The van der Waals surface area contributed by atoms with Crippen molar-refractivity contribution in [3.63, 3.8) is 0 Å². The lowest BCUT2D eigenvalue weighted by Crippen LogP contribution is -1.91. The second-order valence-electron chi connectivity index (χ2n) is 5.31. The average Bonchev–Trinajstić information content (AvgIpc) is 3.01. The summed E-state index contributed by atoms with van der Waals surface area (Å²) in [6.45, 7) is 4.87. The molecule has 2 aromatic rings. The summed E-state index contributed by atoms with van der Waals surface area (Å²) in [6.07, 6.45) is 8.52. The Morgan fingerprint density at radius 3 is 2.90 bits per heavy atom. The van der Waals surface area contributed by atoms with E-state index in [4.69, 9.17) is 9.36 Å². The number of rotatable bonds is 8. The van der Waals surface area contributed by atoms with Crippen LogP contribution in [0.1, 0.15) is 38.7 Å². The van der Waals surface area contributed by atoms with Gasteiger partial charge >= 0.3 is 0 Å². The zero-order valence-electron chi connectivity index (χ0n) is 12.5. The van der Waals surface area contributed by atoms with Crippen LogP contribution in [0.5, 0.6) is 0 Å². The Labute approximate surface area is 125 Å². The zero-order chi connectivity index (χ0) is 14.9. The third-order valence-electron chi connectivity index (χ3n) is 3.01. The minimum absolute atomic E-state index is 0.421. The lowest BCUT2D eigenvalue weighted by molar-refractivity contribution is 0.131. The van der Waals surface area contributed by atoms with Crippen LogP contribution in [0.15, 0.2) is 40.3 Å². The molecule has 0 saturated heterocycles. The molecule has 0 N–H and O–H groups in total. The van der Waals surface area contributed by atoms with Crippen LogP contribution in [0.25, 0.3) is 11.5 Å². The van der Waals surface area contributed by atoms with Gasteiger partial charge in [-0.3, -0.25) is 4.98 Å². The van der Waals surface area contributed by atoms with Crippen LogP contribution in [-0.4, -0.2) is 16.4 Å². The monoisotopic (exact) mass is 287 g/mol. The lowest BCUT2D eigenvalue weighted by Gasteiger charge is -2.01. The van der Waals surface area contributed by atoms with E-state index in [-0.39, 0.29) is 0 Å². The van der Waals surface area contributed by atoms with Crippen molar-refractivity contribution in [3.05, 3.63) is 36.2 Å². The Morgan fingerprint density at radius 1 is 1.33 bits per heavy atom. The van der Waals surface area contributed by atoms with E-state index in [0.29, 0.717) is 12.4 Å².